The Morgan fingerprint density at radius 1 is 0.711 bits per heavy atom. The fourth-order valence-electron chi connectivity index (χ4n) is 6.68. The number of nitrogens with zero attached hydrogens (tertiary/aromatic N) is 1. The molecule has 0 aliphatic heterocycles. The summed E-state index contributed by atoms with van der Waals surface area (Å²) in [7, 11) is 0. The van der Waals surface area contributed by atoms with E-state index in [4.69, 9.17) is 9.15 Å². The topological polar surface area (TPSA) is 67.5 Å². The Labute approximate surface area is 264 Å². The van der Waals surface area contributed by atoms with E-state index in [0.29, 0.717) is 12.3 Å². The lowest BCUT2D eigenvalue weighted by molar-refractivity contribution is -0.234. The first-order chi connectivity index (χ1) is 22.1. The van der Waals surface area contributed by atoms with Crippen LogP contribution in [0.25, 0.3) is 22.6 Å². The van der Waals surface area contributed by atoms with Gasteiger partial charge in [-0.25, -0.2) is 4.98 Å². The maximum atomic E-state index is 12.4. The molecule has 2 unspecified atom stereocenters. The number of rotatable bonds is 9. The minimum Gasteiger partial charge on any atom is -0.436 e. The molecule has 1 aliphatic carbocycles. The predicted octanol–water partition coefficient (Wildman–Crippen LogP) is 8.61. The SMILES string of the molecule is OC1(OCc2ccc(-c3nc4ccccc4o3)cc2)CCCCCC1NC(c1ccccc1)(c1ccccc1)c1ccccc1. The molecule has 5 nitrogen and oxygen atoms in total. The van der Waals surface area contributed by atoms with Crippen molar-refractivity contribution in [3.63, 3.8) is 0 Å². The van der Waals surface area contributed by atoms with Crippen molar-refractivity contribution in [1.82, 2.24) is 10.3 Å². The van der Waals surface area contributed by atoms with Crippen molar-refractivity contribution in [2.75, 3.05) is 0 Å². The summed E-state index contributed by atoms with van der Waals surface area (Å²) in [5, 5.41) is 16.4. The zero-order chi connectivity index (χ0) is 30.5. The quantitative estimate of drug-likeness (QED) is 0.0997. The first-order valence-corrected chi connectivity index (χ1v) is 15.9. The molecule has 2 atom stereocenters. The number of hydrogen-bond acceptors (Lipinski definition) is 5. The number of benzene rings is 5. The number of hydrogen-bond donors (Lipinski definition) is 2. The zero-order valence-corrected chi connectivity index (χ0v) is 25.3. The molecule has 0 saturated heterocycles. The molecule has 1 saturated carbocycles. The molecule has 226 valence electrons. The first-order valence-electron chi connectivity index (χ1n) is 15.9. The third-order valence-electron chi connectivity index (χ3n) is 9.07. The third kappa shape index (κ3) is 5.95. The summed E-state index contributed by atoms with van der Waals surface area (Å²) in [6, 6.07) is 47.1. The molecule has 7 rings (SSSR count). The average Bonchev–Trinajstić information content (AvgIpc) is 3.46. The van der Waals surface area contributed by atoms with E-state index in [1.165, 1.54) is 0 Å². The fraction of sp³-hybridized carbons (Fsp3) is 0.225. The lowest BCUT2D eigenvalue weighted by atomic mass is 9.75. The highest BCUT2D eigenvalue weighted by molar-refractivity contribution is 5.76. The first kappa shape index (κ1) is 29.2. The highest BCUT2D eigenvalue weighted by atomic mass is 16.6. The number of para-hydroxylation sites is 2. The van der Waals surface area contributed by atoms with Crippen molar-refractivity contribution >= 4 is 11.1 Å². The van der Waals surface area contributed by atoms with Gasteiger partial charge in [-0.3, -0.25) is 5.32 Å². The van der Waals surface area contributed by atoms with Crippen LogP contribution in [0.5, 0.6) is 0 Å². The summed E-state index contributed by atoms with van der Waals surface area (Å²) < 4.78 is 12.5. The van der Waals surface area contributed by atoms with Crippen LogP contribution in [-0.2, 0) is 16.9 Å². The van der Waals surface area contributed by atoms with Gasteiger partial charge >= 0.3 is 0 Å². The molecule has 45 heavy (non-hydrogen) atoms. The van der Waals surface area contributed by atoms with Crippen LogP contribution < -0.4 is 5.32 Å². The van der Waals surface area contributed by atoms with Crippen LogP contribution >= 0.6 is 0 Å². The Morgan fingerprint density at radius 3 is 1.89 bits per heavy atom. The van der Waals surface area contributed by atoms with Crippen LogP contribution in [0, 0.1) is 0 Å². The van der Waals surface area contributed by atoms with Crippen molar-refractivity contribution in [3.8, 4) is 11.5 Å². The molecule has 5 aromatic carbocycles. The van der Waals surface area contributed by atoms with Gasteiger partial charge in [-0.05, 0) is 59.4 Å². The second-order valence-corrected chi connectivity index (χ2v) is 12.0. The van der Waals surface area contributed by atoms with Gasteiger partial charge in [-0.15, -0.1) is 0 Å². The molecular weight excluding hydrogens is 556 g/mol. The lowest BCUT2D eigenvalue weighted by Gasteiger charge is -2.44. The molecule has 1 heterocycles. The lowest BCUT2D eigenvalue weighted by Crippen LogP contribution is -2.59. The van der Waals surface area contributed by atoms with Crippen LogP contribution in [0.3, 0.4) is 0 Å². The molecule has 0 amide bonds. The Morgan fingerprint density at radius 2 is 1.29 bits per heavy atom. The van der Waals surface area contributed by atoms with Crippen molar-refractivity contribution in [2.24, 2.45) is 0 Å². The molecule has 0 spiro atoms. The van der Waals surface area contributed by atoms with E-state index in [2.05, 4.69) is 83.1 Å². The van der Waals surface area contributed by atoms with Gasteiger partial charge in [0.15, 0.2) is 11.4 Å². The highest BCUT2D eigenvalue weighted by Gasteiger charge is 2.46. The van der Waals surface area contributed by atoms with E-state index >= 15 is 0 Å². The fourth-order valence-corrected chi connectivity index (χ4v) is 6.68. The summed E-state index contributed by atoms with van der Waals surface area (Å²) >= 11 is 0. The number of fused-ring (bicyclic) bond motifs is 1. The molecular formula is C40H38N2O3. The highest BCUT2D eigenvalue weighted by Crippen LogP contribution is 2.40. The summed E-state index contributed by atoms with van der Waals surface area (Å²) in [5.74, 6) is -0.770. The van der Waals surface area contributed by atoms with Crippen LogP contribution in [0.4, 0.5) is 0 Å². The number of oxazole rings is 1. The Balaban J connectivity index is 1.20. The summed E-state index contributed by atoms with van der Waals surface area (Å²) in [6.45, 7) is 0.289. The molecule has 2 N–H and O–H groups in total. The maximum Gasteiger partial charge on any atom is 0.227 e. The maximum absolute atomic E-state index is 12.4. The second kappa shape index (κ2) is 12.8. The van der Waals surface area contributed by atoms with Crippen molar-refractivity contribution in [1.29, 1.82) is 0 Å². The number of aliphatic hydroxyl groups is 1. The van der Waals surface area contributed by atoms with Gasteiger partial charge in [0.05, 0.1) is 18.2 Å². The normalized spacial score (nSPS) is 18.9. The number of ether oxygens (including phenoxy) is 1. The smallest absolute Gasteiger partial charge is 0.227 e. The Kier molecular flexibility index (Phi) is 8.31. The van der Waals surface area contributed by atoms with E-state index in [0.717, 1.165) is 64.6 Å². The summed E-state index contributed by atoms with van der Waals surface area (Å²) in [5.41, 5.74) is 6.14. The van der Waals surface area contributed by atoms with Gasteiger partial charge < -0.3 is 14.3 Å². The minimum absolute atomic E-state index is 0.289. The predicted molar refractivity (Wildman–Crippen MR) is 178 cm³/mol. The largest absolute Gasteiger partial charge is 0.436 e. The van der Waals surface area contributed by atoms with Crippen molar-refractivity contribution < 1.29 is 14.3 Å². The van der Waals surface area contributed by atoms with E-state index in [-0.39, 0.29) is 12.6 Å². The van der Waals surface area contributed by atoms with Crippen LogP contribution in [0.2, 0.25) is 0 Å². The monoisotopic (exact) mass is 594 g/mol. The molecule has 0 radical (unpaired) electrons. The average molecular weight is 595 g/mol. The molecule has 0 bridgehead atoms. The third-order valence-corrected chi connectivity index (χ3v) is 9.07. The number of nitrogens with one attached hydrogen (secondary N) is 1. The Bertz CT molecular complexity index is 1690. The van der Waals surface area contributed by atoms with Gasteiger partial charge in [-0.1, -0.05) is 128 Å². The van der Waals surface area contributed by atoms with Crippen molar-refractivity contribution in [2.45, 2.75) is 56.1 Å². The van der Waals surface area contributed by atoms with Crippen molar-refractivity contribution in [3.05, 3.63) is 162 Å². The van der Waals surface area contributed by atoms with Gasteiger partial charge in [0.2, 0.25) is 5.89 Å². The standard InChI is InChI=1S/C40H38N2O3/c43-39(44-29-30-24-26-31(27-25-30)38-41-35-21-12-13-22-36(35)45-38)28-14-4-11-23-37(39)42-40(32-15-5-1-6-16-32,33-17-7-2-8-18-33)34-19-9-3-10-20-34/h1-3,5-10,12-13,15-22,24-27,37,42-43H,4,11,14,23,28-29H2. The Hall–Kier alpha value is -4.55. The number of aromatic nitrogens is 1. The zero-order valence-electron chi connectivity index (χ0n) is 25.3. The van der Waals surface area contributed by atoms with Gasteiger partial charge in [0, 0.05) is 12.0 Å². The molecule has 1 aromatic heterocycles. The molecule has 5 heteroatoms. The van der Waals surface area contributed by atoms with E-state index in [9.17, 15) is 5.11 Å². The van der Waals surface area contributed by atoms with Gasteiger partial charge in [0.25, 0.3) is 0 Å². The minimum atomic E-state index is -1.36. The van der Waals surface area contributed by atoms with Crippen LogP contribution in [0.15, 0.2) is 144 Å². The summed E-state index contributed by atoms with van der Waals surface area (Å²) in [6.07, 6.45) is 4.32. The summed E-state index contributed by atoms with van der Waals surface area (Å²) in [4.78, 5) is 4.63. The van der Waals surface area contributed by atoms with Gasteiger partial charge in [0.1, 0.15) is 5.52 Å². The van der Waals surface area contributed by atoms with E-state index in [1.807, 2.05) is 66.7 Å². The van der Waals surface area contributed by atoms with E-state index in [1.54, 1.807) is 0 Å². The van der Waals surface area contributed by atoms with Crippen LogP contribution in [-0.4, -0.2) is 21.9 Å². The van der Waals surface area contributed by atoms with Gasteiger partial charge in [-0.2, -0.15) is 0 Å². The molecule has 1 fully saturated rings. The van der Waals surface area contributed by atoms with Crippen LogP contribution in [0.1, 0.15) is 54.4 Å². The second-order valence-electron chi connectivity index (χ2n) is 12.0. The molecule has 6 aromatic rings. The molecule has 1 aliphatic rings. The van der Waals surface area contributed by atoms with E-state index < -0.39 is 11.3 Å².